The molecule has 0 bridgehead atoms. The second-order valence-corrected chi connectivity index (χ2v) is 5.18. The summed E-state index contributed by atoms with van der Waals surface area (Å²) in [7, 11) is 1.97. The molecule has 0 aliphatic carbocycles. The summed E-state index contributed by atoms with van der Waals surface area (Å²) < 4.78 is 1.12. The van der Waals surface area contributed by atoms with Crippen molar-refractivity contribution < 1.29 is 0 Å². The van der Waals surface area contributed by atoms with Gasteiger partial charge >= 0.3 is 0 Å². The molecule has 0 unspecified atom stereocenters. The summed E-state index contributed by atoms with van der Waals surface area (Å²) in [5.41, 5.74) is 2.63. The molecule has 0 amide bonds. The van der Waals surface area contributed by atoms with Gasteiger partial charge in [-0.15, -0.1) is 11.3 Å². The Morgan fingerprint density at radius 3 is 2.67 bits per heavy atom. The predicted octanol–water partition coefficient (Wildman–Crippen LogP) is 3.90. The molecule has 1 nitrogen and oxygen atoms in total. The van der Waals surface area contributed by atoms with Crippen molar-refractivity contribution in [1.29, 1.82) is 0 Å². The number of hydrogen-bond acceptors (Lipinski definition) is 2. The minimum atomic E-state index is 0.938. The van der Waals surface area contributed by atoms with Gasteiger partial charge in [-0.05, 0) is 41.8 Å². The quantitative estimate of drug-likeness (QED) is 0.900. The van der Waals surface area contributed by atoms with Crippen LogP contribution in [0.2, 0.25) is 0 Å². The van der Waals surface area contributed by atoms with Gasteiger partial charge in [0.05, 0.1) is 0 Å². The maximum atomic E-state index is 3.44. The van der Waals surface area contributed by atoms with Crippen LogP contribution in [-0.2, 0) is 6.54 Å². The molecule has 0 aliphatic rings. The van der Waals surface area contributed by atoms with Crippen molar-refractivity contribution in [3.63, 3.8) is 0 Å². The number of nitrogens with one attached hydrogen (secondary N) is 1. The van der Waals surface area contributed by atoms with Crippen LogP contribution in [0.15, 0.2) is 40.2 Å². The lowest BCUT2D eigenvalue weighted by Gasteiger charge is -1.97. The van der Waals surface area contributed by atoms with Crippen molar-refractivity contribution in [2.75, 3.05) is 7.05 Å². The minimum Gasteiger partial charge on any atom is -0.316 e. The summed E-state index contributed by atoms with van der Waals surface area (Å²) in [6, 6.07) is 10.7. The van der Waals surface area contributed by atoms with E-state index >= 15 is 0 Å². The van der Waals surface area contributed by atoms with Gasteiger partial charge in [0.1, 0.15) is 0 Å². The summed E-state index contributed by atoms with van der Waals surface area (Å²) in [5, 5.41) is 5.36. The standard InChI is InChI=1S/C12H12BrNS/c1-14-7-9-6-12(15-8-9)10-2-4-11(13)5-3-10/h2-6,8,14H,7H2,1H3. The third-order valence-corrected chi connectivity index (χ3v) is 3.72. The molecule has 1 N–H and O–H groups in total. The molecule has 15 heavy (non-hydrogen) atoms. The zero-order chi connectivity index (χ0) is 10.7. The molecule has 1 aromatic carbocycles. The zero-order valence-corrected chi connectivity index (χ0v) is 10.9. The zero-order valence-electron chi connectivity index (χ0n) is 8.46. The lowest BCUT2D eigenvalue weighted by molar-refractivity contribution is 0.821. The maximum Gasteiger partial charge on any atom is 0.0346 e. The van der Waals surface area contributed by atoms with E-state index in [0.717, 1.165) is 11.0 Å². The summed E-state index contributed by atoms with van der Waals surface area (Å²) in [5.74, 6) is 0. The van der Waals surface area contributed by atoms with Crippen molar-refractivity contribution in [2.24, 2.45) is 0 Å². The van der Waals surface area contributed by atoms with Crippen LogP contribution in [0, 0.1) is 0 Å². The van der Waals surface area contributed by atoms with E-state index in [9.17, 15) is 0 Å². The summed E-state index contributed by atoms with van der Waals surface area (Å²) >= 11 is 5.23. The fourth-order valence-corrected chi connectivity index (χ4v) is 2.62. The first kappa shape index (κ1) is 10.9. The number of thiophene rings is 1. The van der Waals surface area contributed by atoms with Crippen LogP contribution in [0.4, 0.5) is 0 Å². The smallest absolute Gasteiger partial charge is 0.0346 e. The molecule has 3 heteroatoms. The Morgan fingerprint density at radius 1 is 1.27 bits per heavy atom. The Bertz CT molecular complexity index is 433. The van der Waals surface area contributed by atoms with Gasteiger partial charge in [0, 0.05) is 15.9 Å². The van der Waals surface area contributed by atoms with Crippen LogP contribution in [0.3, 0.4) is 0 Å². The van der Waals surface area contributed by atoms with Crippen molar-refractivity contribution in [3.05, 3.63) is 45.7 Å². The Labute approximate surface area is 102 Å². The van der Waals surface area contributed by atoms with E-state index in [-0.39, 0.29) is 0 Å². The molecule has 0 radical (unpaired) electrons. The van der Waals surface area contributed by atoms with Crippen LogP contribution in [0.25, 0.3) is 10.4 Å². The molecule has 0 spiro atoms. The first-order valence-corrected chi connectivity index (χ1v) is 6.45. The van der Waals surface area contributed by atoms with E-state index in [1.165, 1.54) is 16.0 Å². The molecule has 1 aromatic heterocycles. The molecule has 0 saturated carbocycles. The van der Waals surface area contributed by atoms with Crippen molar-refractivity contribution in [2.45, 2.75) is 6.54 Å². The van der Waals surface area contributed by atoms with Gasteiger partial charge < -0.3 is 5.32 Å². The SMILES string of the molecule is CNCc1csc(-c2ccc(Br)cc2)c1. The van der Waals surface area contributed by atoms with Crippen LogP contribution < -0.4 is 5.32 Å². The number of halogens is 1. The van der Waals surface area contributed by atoms with Crippen molar-refractivity contribution >= 4 is 27.3 Å². The summed E-state index contributed by atoms with van der Waals surface area (Å²) in [6.07, 6.45) is 0. The van der Waals surface area contributed by atoms with Crippen molar-refractivity contribution in [1.82, 2.24) is 5.32 Å². The lowest BCUT2D eigenvalue weighted by Crippen LogP contribution is -2.03. The van der Waals surface area contributed by atoms with Gasteiger partial charge in [-0.1, -0.05) is 28.1 Å². The third kappa shape index (κ3) is 2.68. The second kappa shape index (κ2) is 4.92. The highest BCUT2D eigenvalue weighted by Crippen LogP contribution is 2.28. The van der Waals surface area contributed by atoms with Gasteiger partial charge in [-0.25, -0.2) is 0 Å². The monoisotopic (exact) mass is 281 g/mol. The molecule has 2 aromatic rings. The lowest BCUT2D eigenvalue weighted by atomic mass is 10.2. The van der Waals surface area contributed by atoms with E-state index in [4.69, 9.17) is 0 Å². The molecule has 2 rings (SSSR count). The second-order valence-electron chi connectivity index (χ2n) is 3.36. The highest BCUT2D eigenvalue weighted by Gasteiger charge is 2.01. The molecule has 0 fully saturated rings. The largest absolute Gasteiger partial charge is 0.316 e. The number of benzene rings is 1. The van der Waals surface area contributed by atoms with Gasteiger partial charge in [0.25, 0.3) is 0 Å². The predicted molar refractivity (Wildman–Crippen MR) is 70.2 cm³/mol. The fraction of sp³-hybridized carbons (Fsp3) is 0.167. The molecular weight excluding hydrogens is 270 g/mol. The van der Waals surface area contributed by atoms with Crippen LogP contribution in [-0.4, -0.2) is 7.05 Å². The van der Waals surface area contributed by atoms with Crippen molar-refractivity contribution in [3.8, 4) is 10.4 Å². The normalized spacial score (nSPS) is 10.5. The molecule has 1 heterocycles. The van der Waals surface area contributed by atoms with Gasteiger partial charge in [-0.3, -0.25) is 0 Å². The van der Waals surface area contributed by atoms with E-state index in [0.29, 0.717) is 0 Å². The Balaban J connectivity index is 2.25. The Morgan fingerprint density at radius 2 is 2.00 bits per heavy atom. The van der Waals surface area contributed by atoms with Crippen LogP contribution in [0.1, 0.15) is 5.56 Å². The van der Waals surface area contributed by atoms with E-state index in [1.54, 1.807) is 11.3 Å². The third-order valence-electron chi connectivity index (χ3n) is 2.16. The Hall–Kier alpha value is -0.640. The topological polar surface area (TPSA) is 12.0 Å². The minimum absolute atomic E-state index is 0.938. The molecule has 0 saturated heterocycles. The number of hydrogen-bond donors (Lipinski definition) is 1. The van der Waals surface area contributed by atoms with Gasteiger partial charge in [0.2, 0.25) is 0 Å². The average molecular weight is 282 g/mol. The molecule has 0 aliphatic heterocycles. The fourth-order valence-electron chi connectivity index (χ4n) is 1.44. The highest BCUT2D eigenvalue weighted by molar-refractivity contribution is 9.10. The van der Waals surface area contributed by atoms with Crippen LogP contribution >= 0.6 is 27.3 Å². The summed E-state index contributed by atoms with van der Waals surface area (Å²) in [4.78, 5) is 1.33. The molecular formula is C12H12BrNS. The van der Waals surface area contributed by atoms with Gasteiger partial charge in [-0.2, -0.15) is 0 Å². The van der Waals surface area contributed by atoms with Crippen LogP contribution in [0.5, 0.6) is 0 Å². The summed E-state index contributed by atoms with van der Waals surface area (Å²) in [6.45, 7) is 0.938. The van der Waals surface area contributed by atoms with Gasteiger partial charge in [0.15, 0.2) is 0 Å². The Kier molecular flexibility index (Phi) is 3.57. The average Bonchev–Trinajstić information content (AvgIpc) is 2.68. The van der Waals surface area contributed by atoms with E-state index < -0.39 is 0 Å². The number of rotatable bonds is 3. The molecule has 78 valence electrons. The van der Waals surface area contributed by atoms with E-state index in [2.05, 4.69) is 57.0 Å². The maximum absolute atomic E-state index is 3.44. The molecule has 0 atom stereocenters. The highest BCUT2D eigenvalue weighted by atomic mass is 79.9. The first-order valence-electron chi connectivity index (χ1n) is 4.77. The van der Waals surface area contributed by atoms with E-state index in [1.807, 2.05) is 7.05 Å². The first-order chi connectivity index (χ1) is 7.29.